The zero-order chi connectivity index (χ0) is 10.4. The third-order valence-electron chi connectivity index (χ3n) is 0.671. The number of halogens is 4. The van der Waals surface area contributed by atoms with Gasteiger partial charge in [0.15, 0.2) is 0 Å². The molecule has 0 amide bonds. The van der Waals surface area contributed by atoms with Crippen molar-refractivity contribution < 1.29 is 0 Å². The van der Waals surface area contributed by atoms with Crippen LogP contribution in [0.1, 0.15) is 14.9 Å². The smallest absolute Gasteiger partial charge is 0.344 e. The van der Waals surface area contributed by atoms with Gasteiger partial charge >= 0.3 is 6.00 Å². The Kier molecular flexibility index (Phi) is 48.7. The molecule has 0 aliphatic rings. The molecule has 10 N–H and O–H groups in total. The van der Waals surface area contributed by atoms with Crippen LogP contribution >= 0.6 is 45.6 Å². The van der Waals surface area contributed by atoms with Crippen LogP contribution in [0.25, 0.3) is 0 Å². The van der Waals surface area contributed by atoms with Crippen LogP contribution in [0.4, 0.5) is 0 Å². The maximum atomic E-state index is 5.33. The first-order valence-corrected chi connectivity index (χ1v) is 10.9. The standard InChI is InChI=1S/C3H10N2Si.C2H3Cl3Si.2CH4.ClH.2H3N/c1-3-6(2,4)5;1-2-6(3,4)5;;;;;/h3H,1,4-5H2,2H3;2H,1H2;2*1H4;1H;2*1H3. The second-order valence-corrected chi connectivity index (χ2v) is 14.1. The van der Waals surface area contributed by atoms with Gasteiger partial charge in [0.2, 0.25) is 8.40 Å². The van der Waals surface area contributed by atoms with Crippen LogP contribution in [-0.4, -0.2) is 14.4 Å². The highest BCUT2D eigenvalue weighted by molar-refractivity contribution is 7.66. The van der Waals surface area contributed by atoms with Gasteiger partial charge in [-0.3, -0.25) is 0 Å². The number of nitrogens with two attached hydrogens (primary N) is 2. The van der Waals surface area contributed by atoms with Crippen molar-refractivity contribution in [2.45, 2.75) is 21.4 Å². The van der Waals surface area contributed by atoms with Crippen molar-refractivity contribution in [1.82, 2.24) is 12.3 Å². The lowest BCUT2D eigenvalue weighted by Gasteiger charge is -2.04. The van der Waals surface area contributed by atoms with E-state index in [-0.39, 0.29) is 39.6 Å². The van der Waals surface area contributed by atoms with Gasteiger partial charge in [0.25, 0.3) is 0 Å². The van der Waals surface area contributed by atoms with Gasteiger partial charge in [0.1, 0.15) is 0 Å². The lowest BCUT2D eigenvalue weighted by molar-refractivity contribution is 1.54. The van der Waals surface area contributed by atoms with E-state index in [2.05, 4.69) is 13.2 Å². The summed E-state index contributed by atoms with van der Waals surface area (Å²) in [4.78, 5) is 0. The molecular weight excluding hydrogens is 338 g/mol. The third-order valence-corrected chi connectivity index (χ3v) is 3.40. The molecule has 0 aromatic heterocycles. The van der Waals surface area contributed by atoms with E-state index in [0.29, 0.717) is 0 Å². The van der Waals surface area contributed by atoms with Gasteiger partial charge in [-0.05, 0) is 6.55 Å². The van der Waals surface area contributed by atoms with Crippen LogP contribution < -0.4 is 23.1 Å². The molecule has 0 unspecified atom stereocenters. The SMILES string of the molecule is C.C.C=C[Si](C)(N)N.C=C[Si](Cl)(Cl)Cl.Cl.N.N. The molecule has 0 radical (unpaired) electrons. The number of rotatable bonds is 2. The molecule has 0 aromatic carbocycles. The Hall–Kier alpha value is 0.914. The Bertz CT molecular complexity index is 141. The van der Waals surface area contributed by atoms with Gasteiger partial charge in [0, 0.05) is 0 Å². The van der Waals surface area contributed by atoms with Crippen LogP contribution in [-0.2, 0) is 0 Å². The van der Waals surface area contributed by atoms with Crippen molar-refractivity contribution in [3.63, 3.8) is 0 Å². The van der Waals surface area contributed by atoms with E-state index in [1.54, 1.807) is 5.70 Å². The molecule has 0 aromatic rings. The van der Waals surface area contributed by atoms with Gasteiger partial charge in [-0.2, -0.15) is 0 Å². The van der Waals surface area contributed by atoms with Crippen molar-refractivity contribution in [3.8, 4) is 0 Å². The highest BCUT2D eigenvalue weighted by Crippen LogP contribution is 2.19. The van der Waals surface area contributed by atoms with E-state index < -0.39 is 14.4 Å². The average Bonchev–Trinajstić information content (AvgIpc) is 1.86. The summed E-state index contributed by atoms with van der Waals surface area (Å²) < 4.78 is 0. The Labute approximate surface area is 129 Å². The fraction of sp³-hybridized carbons (Fsp3) is 0.429. The Balaban J connectivity index is -0.0000000182. The topological polar surface area (TPSA) is 122 Å². The van der Waals surface area contributed by atoms with E-state index in [1.807, 2.05) is 6.55 Å². The van der Waals surface area contributed by atoms with Crippen LogP contribution in [0.5, 0.6) is 0 Å². The number of hydrogen-bond acceptors (Lipinski definition) is 4. The minimum atomic E-state index is -2.45. The van der Waals surface area contributed by atoms with Gasteiger partial charge < -0.3 is 23.1 Å². The summed E-state index contributed by atoms with van der Waals surface area (Å²) in [6, 6.07) is -2.45. The van der Waals surface area contributed by atoms with Crippen molar-refractivity contribution in [2.75, 3.05) is 0 Å². The van der Waals surface area contributed by atoms with Crippen LogP contribution in [0.3, 0.4) is 0 Å². The second kappa shape index (κ2) is 19.3. The fourth-order valence-corrected chi connectivity index (χ4v) is 0. The van der Waals surface area contributed by atoms with E-state index in [9.17, 15) is 0 Å². The maximum absolute atomic E-state index is 5.33. The second-order valence-electron chi connectivity index (χ2n) is 2.32. The summed E-state index contributed by atoms with van der Waals surface area (Å²) in [5.74, 6) is 0. The van der Waals surface area contributed by atoms with Gasteiger partial charge in [-0.1, -0.05) is 26.3 Å². The summed E-state index contributed by atoms with van der Waals surface area (Å²) in [6.45, 7) is 8.56. The molecule has 0 aliphatic heterocycles. The molecule has 0 spiro atoms. The van der Waals surface area contributed by atoms with Crippen molar-refractivity contribution in [3.05, 3.63) is 24.6 Å². The average molecular weight is 366 g/mol. The molecular formula is C7H28Cl4N4Si2. The summed E-state index contributed by atoms with van der Waals surface area (Å²) >= 11 is 15.8. The van der Waals surface area contributed by atoms with Crippen LogP contribution in [0.15, 0.2) is 24.6 Å². The molecule has 4 nitrogen and oxygen atoms in total. The molecule has 0 aliphatic carbocycles. The van der Waals surface area contributed by atoms with Gasteiger partial charge in [0.05, 0.1) is 0 Å². The molecule has 0 atom stereocenters. The molecule has 112 valence electrons. The zero-order valence-corrected chi connectivity index (χ0v) is 13.8. The Morgan fingerprint density at radius 3 is 1.06 bits per heavy atom. The quantitative estimate of drug-likeness (QED) is 0.434. The zero-order valence-electron chi connectivity index (χ0n) is 8.68. The predicted octanol–water partition coefficient (Wildman–Crippen LogP) is 4.09. The van der Waals surface area contributed by atoms with E-state index in [1.165, 1.54) is 5.70 Å². The van der Waals surface area contributed by atoms with Crippen LogP contribution in [0, 0.1) is 0 Å². The molecule has 0 rings (SSSR count). The monoisotopic (exact) mass is 364 g/mol. The summed E-state index contributed by atoms with van der Waals surface area (Å²) in [7, 11) is -1.87. The van der Waals surface area contributed by atoms with Crippen molar-refractivity contribution in [1.29, 1.82) is 0 Å². The first-order valence-electron chi connectivity index (χ1n) is 3.04. The molecule has 0 saturated heterocycles. The fourth-order valence-electron chi connectivity index (χ4n) is 0. The first-order chi connectivity index (χ1) is 5.12. The van der Waals surface area contributed by atoms with E-state index in [4.69, 9.17) is 44.0 Å². The van der Waals surface area contributed by atoms with E-state index in [0.717, 1.165) is 0 Å². The first kappa shape index (κ1) is 43.0. The summed E-state index contributed by atoms with van der Waals surface area (Å²) in [5.41, 5.74) is 3.00. The Morgan fingerprint density at radius 2 is 1.06 bits per heavy atom. The number of hydrogen-bond donors (Lipinski definition) is 4. The van der Waals surface area contributed by atoms with Crippen molar-refractivity contribution in [2.24, 2.45) is 10.8 Å². The maximum Gasteiger partial charge on any atom is 0.365 e. The third kappa shape index (κ3) is 78.7. The lowest BCUT2D eigenvalue weighted by atomic mass is 11.3. The molecule has 10 heteroatoms. The minimum absolute atomic E-state index is 0. The predicted molar refractivity (Wildman–Crippen MR) is 94.5 cm³/mol. The van der Waals surface area contributed by atoms with E-state index >= 15 is 0 Å². The molecule has 0 fully saturated rings. The van der Waals surface area contributed by atoms with Crippen molar-refractivity contribution >= 4 is 60.0 Å². The normalized spacial score (nSPS) is 7.88. The lowest BCUT2D eigenvalue weighted by Crippen LogP contribution is -2.50. The highest BCUT2D eigenvalue weighted by atomic mass is 35.8. The minimum Gasteiger partial charge on any atom is -0.344 e. The molecule has 17 heavy (non-hydrogen) atoms. The highest BCUT2D eigenvalue weighted by Gasteiger charge is 2.17. The summed E-state index contributed by atoms with van der Waals surface area (Å²) in [6.07, 6.45) is 0. The van der Waals surface area contributed by atoms with Gasteiger partial charge in [-0.25, -0.2) is 0 Å². The molecule has 0 heterocycles. The van der Waals surface area contributed by atoms with Gasteiger partial charge in [-0.15, -0.1) is 58.8 Å². The van der Waals surface area contributed by atoms with Crippen LogP contribution in [0.2, 0.25) is 6.55 Å². The molecule has 0 saturated carbocycles. The largest absolute Gasteiger partial charge is 0.365 e. The Morgan fingerprint density at radius 1 is 0.941 bits per heavy atom. The molecule has 0 bridgehead atoms. The summed E-state index contributed by atoms with van der Waals surface area (Å²) in [5, 5.41) is 10.7.